The van der Waals surface area contributed by atoms with Crippen molar-refractivity contribution in [3.8, 4) is 5.75 Å². The summed E-state index contributed by atoms with van der Waals surface area (Å²) in [6, 6.07) is 22.9. The number of hydrogen-bond acceptors (Lipinski definition) is 4. The number of carboxylic acid groups (broad SMARTS) is 1. The minimum absolute atomic E-state index is 0.182. The highest BCUT2D eigenvalue weighted by Crippen LogP contribution is 2.42. The molecule has 0 aliphatic carbocycles. The van der Waals surface area contributed by atoms with Crippen LogP contribution < -0.4 is 4.74 Å². The van der Waals surface area contributed by atoms with Crippen molar-refractivity contribution < 1.29 is 45.8 Å². The first-order valence-electron chi connectivity index (χ1n) is 14.5. The molecule has 1 N–H and O–H groups in total. The van der Waals surface area contributed by atoms with Gasteiger partial charge in [0.2, 0.25) is 0 Å². The molecule has 45 heavy (non-hydrogen) atoms. The number of piperidine rings is 2. The van der Waals surface area contributed by atoms with E-state index in [0.717, 1.165) is 68.8 Å². The van der Waals surface area contributed by atoms with Crippen LogP contribution in [0.2, 0.25) is 0 Å². The number of alkyl halides is 6. The van der Waals surface area contributed by atoms with Crippen LogP contribution in [-0.4, -0.2) is 59.1 Å². The molecule has 0 bridgehead atoms. The van der Waals surface area contributed by atoms with E-state index in [-0.39, 0.29) is 11.3 Å². The second-order valence-corrected chi connectivity index (χ2v) is 11.3. The molecule has 0 saturated carbocycles. The first-order chi connectivity index (χ1) is 21.3. The van der Waals surface area contributed by atoms with Crippen molar-refractivity contribution in [2.75, 3.05) is 26.2 Å². The summed E-state index contributed by atoms with van der Waals surface area (Å²) in [4.78, 5) is 26.1. The van der Waals surface area contributed by atoms with Crippen LogP contribution >= 0.6 is 0 Å². The number of likely N-dealkylation sites (tertiary alicyclic amines) is 2. The lowest BCUT2D eigenvalue weighted by molar-refractivity contribution is -0.192. The first kappa shape index (κ1) is 33.8. The van der Waals surface area contributed by atoms with Crippen LogP contribution in [0.1, 0.15) is 52.7 Å². The predicted molar refractivity (Wildman–Crippen MR) is 154 cm³/mol. The van der Waals surface area contributed by atoms with Gasteiger partial charge < -0.3 is 14.7 Å². The number of benzene rings is 3. The molecule has 3 aromatic carbocycles. The Bertz CT molecular complexity index is 1410. The summed E-state index contributed by atoms with van der Waals surface area (Å²) in [7, 11) is 0. The summed E-state index contributed by atoms with van der Waals surface area (Å²) in [6.45, 7) is 4.69. The lowest BCUT2D eigenvalue weighted by Gasteiger charge is -2.47. The molecule has 1 spiro atoms. The molecule has 2 aliphatic heterocycles. The molecule has 242 valence electrons. The van der Waals surface area contributed by atoms with Gasteiger partial charge in [0.15, 0.2) is 0 Å². The van der Waals surface area contributed by atoms with Crippen LogP contribution in [0.15, 0.2) is 78.9 Å². The van der Waals surface area contributed by atoms with Gasteiger partial charge in [-0.05, 0) is 80.1 Å². The molecule has 5 rings (SSSR count). The number of carbonyl (C=O) groups is 2. The molecule has 2 saturated heterocycles. The molecule has 3 aromatic rings. The standard InChI is InChI=1S/C31H33F3N2O2.C2HF3O2/c32-31(33,34)27-12-10-25(11-13-27)29(37)36-20-16-30(17-21-36)14-18-35(19-15-30)22-26-8-4-5-9-28(26)38-23-24-6-2-1-3-7-24;3-2(4,5)1(6)7/h1-13H,14-23H2;(H,6,7). The van der Waals surface area contributed by atoms with Gasteiger partial charge in [0, 0.05) is 30.8 Å². The van der Waals surface area contributed by atoms with Crippen molar-refractivity contribution in [2.24, 2.45) is 5.41 Å². The average Bonchev–Trinajstić information content (AvgIpc) is 3.02. The van der Waals surface area contributed by atoms with Crippen LogP contribution in [-0.2, 0) is 24.1 Å². The van der Waals surface area contributed by atoms with E-state index in [0.29, 0.717) is 25.3 Å². The van der Waals surface area contributed by atoms with E-state index in [2.05, 4.69) is 29.2 Å². The van der Waals surface area contributed by atoms with E-state index < -0.39 is 23.9 Å². The number of rotatable bonds is 6. The average molecular weight is 637 g/mol. The molecular formula is C33H34F6N2O4. The van der Waals surface area contributed by atoms with Crippen molar-refractivity contribution in [1.82, 2.24) is 9.80 Å². The van der Waals surface area contributed by atoms with Crippen molar-refractivity contribution in [3.05, 3.63) is 101 Å². The van der Waals surface area contributed by atoms with E-state index in [1.807, 2.05) is 30.3 Å². The van der Waals surface area contributed by atoms with Crippen LogP contribution in [0.5, 0.6) is 5.75 Å². The Balaban J connectivity index is 0.000000591. The number of aliphatic carboxylic acids is 1. The zero-order chi connectivity index (χ0) is 32.7. The molecule has 0 aromatic heterocycles. The fourth-order valence-electron chi connectivity index (χ4n) is 5.61. The SMILES string of the molecule is O=C(O)C(F)(F)F.O=C(c1ccc(C(F)(F)F)cc1)N1CCC2(CCN(Cc3ccccc3OCc3ccccc3)CC2)CC1. The Kier molecular flexibility index (Phi) is 10.8. The number of halogens is 6. The summed E-state index contributed by atoms with van der Waals surface area (Å²) < 4.78 is 76.4. The van der Waals surface area contributed by atoms with Crippen molar-refractivity contribution in [1.29, 1.82) is 0 Å². The van der Waals surface area contributed by atoms with Gasteiger partial charge in [0.25, 0.3) is 5.91 Å². The van der Waals surface area contributed by atoms with E-state index in [1.165, 1.54) is 17.7 Å². The molecule has 0 radical (unpaired) electrons. The second-order valence-electron chi connectivity index (χ2n) is 11.3. The summed E-state index contributed by atoms with van der Waals surface area (Å²) >= 11 is 0. The number of para-hydroxylation sites is 1. The monoisotopic (exact) mass is 636 g/mol. The third-order valence-corrected chi connectivity index (χ3v) is 8.33. The van der Waals surface area contributed by atoms with Gasteiger partial charge in [-0.15, -0.1) is 0 Å². The Labute approximate surface area is 257 Å². The van der Waals surface area contributed by atoms with Crippen LogP contribution in [0.4, 0.5) is 26.3 Å². The smallest absolute Gasteiger partial charge is 0.489 e. The first-order valence-corrected chi connectivity index (χ1v) is 14.5. The summed E-state index contributed by atoms with van der Waals surface area (Å²) in [5, 5.41) is 7.12. The highest BCUT2D eigenvalue weighted by atomic mass is 19.4. The van der Waals surface area contributed by atoms with E-state index >= 15 is 0 Å². The Morgan fingerprint density at radius 3 is 1.84 bits per heavy atom. The molecule has 6 nitrogen and oxygen atoms in total. The van der Waals surface area contributed by atoms with Crippen molar-refractivity contribution in [3.63, 3.8) is 0 Å². The maximum atomic E-state index is 12.9. The number of nitrogens with zero attached hydrogens (tertiary/aromatic N) is 2. The molecule has 1 amide bonds. The van der Waals surface area contributed by atoms with E-state index in [1.54, 1.807) is 4.90 Å². The summed E-state index contributed by atoms with van der Waals surface area (Å²) in [6.07, 6.45) is -5.44. The number of amides is 1. The fraction of sp³-hybridized carbons (Fsp3) is 0.394. The van der Waals surface area contributed by atoms with Crippen LogP contribution in [0.25, 0.3) is 0 Å². The van der Waals surface area contributed by atoms with Crippen molar-refractivity contribution in [2.45, 2.75) is 51.2 Å². The van der Waals surface area contributed by atoms with E-state index in [4.69, 9.17) is 14.6 Å². The topological polar surface area (TPSA) is 70.1 Å². The second kappa shape index (κ2) is 14.4. The normalized spacial score (nSPS) is 16.9. The zero-order valence-corrected chi connectivity index (χ0v) is 24.4. The largest absolute Gasteiger partial charge is 0.490 e. The highest BCUT2D eigenvalue weighted by molar-refractivity contribution is 5.94. The number of ether oxygens (including phenoxy) is 1. The summed E-state index contributed by atoms with van der Waals surface area (Å²) in [5.74, 6) is -2.02. The van der Waals surface area contributed by atoms with Gasteiger partial charge in [-0.2, -0.15) is 26.3 Å². The minimum Gasteiger partial charge on any atom is -0.489 e. The van der Waals surface area contributed by atoms with Crippen LogP contribution in [0, 0.1) is 5.41 Å². The van der Waals surface area contributed by atoms with Gasteiger partial charge in [0.1, 0.15) is 12.4 Å². The number of hydrogen-bond donors (Lipinski definition) is 1. The van der Waals surface area contributed by atoms with E-state index in [9.17, 15) is 31.1 Å². The molecule has 0 unspecified atom stereocenters. The quantitative estimate of drug-likeness (QED) is 0.285. The summed E-state index contributed by atoms with van der Waals surface area (Å²) in [5.41, 5.74) is 2.15. The lowest BCUT2D eigenvalue weighted by Crippen LogP contribution is -2.48. The maximum Gasteiger partial charge on any atom is 0.490 e. The predicted octanol–water partition coefficient (Wildman–Crippen LogP) is 7.44. The number of carboxylic acids is 1. The van der Waals surface area contributed by atoms with Gasteiger partial charge in [-0.1, -0.05) is 48.5 Å². The Hall–Kier alpha value is -4.06. The van der Waals surface area contributed by atoms with Gasteiger partial charge in [0.05, 0.1) is 5.56 Å². The molecule has 12 heteroatoms. The molecule has 2 aliphatic rings. The lowest BCUT2D eigenvalue weighted by atomic mass is 9.71. The third kappa shape index (κ3) is 9.46. The van der Waals surface area contributed by atoms with Gasteiger partial charge >= 0.3 is 18.3 Å². The molecule has 0 atom stereocenters. The highest BCUT2D eigenvalue weighted by Gasteiger charge is 2.39. The molecule has 2 fully saturated rings. The Morgan fingerprint density at radius 2 is 1.29 bits per heavy atom. The number of carbonyl (C=O) groups excluding carboxylic acids is 1. The fourth-order valence-corrected chi connectivity index (χ4v) is 5.61. The van der Waals surface area contributed by atoms with Crippen LogP contribution in [0.3, 0.4) is 0 Å². The minimum atomic E-state index is -5.08. The Morgan fingerprint density at radius 1 is 0.756 bits per heavy atom. The van der Waals surface area contributed by atoms with Crippen molar-refractivity contribution >= 4 is 11.9 Å². The molecule has 2 heterocycles. The maximum absolute atomic E-state index is 12.9. The zero-order valence-electron chi connectivity index (χ0n) is 24.4. The third-order valence-electron chi connectivity index (χ3n) is 8.33. The van der Waals surface area contributed by atoms with Gasteiger partial charge in [-0.3, -0.25) is 9.69 Å². The molecular weight excluding hydrogens is 602 g/mol. The van der Waals surface area contributed by atoms with Gasteiger partial charge in [-0.25, -0.2) is 4.79 Å².